The van der Waals surface area contributed by atoms with Gasteiger partial charge in [-0.25, -0.2) is 0 Å². The fraction of sp³-hybridized carbons (Fsp3) is 0.400. The zero-order valence-corrected chi connectivity index (χ0v) is 8.95. The highest BCUT2D eigenvalue weighted by Crippen LogP contribution is 2.48. The van der Waals surface area contributed by atoms with Crippen LogP contribution in [0.2, 0.25) is 5.02 Å². The summed E-state index contributed by atoms with van der Waals surface area (Å²) >= 11 is 7.54. The lowest BCUT2D eigenvalue weighted by Crippen LogP contribution is -2.05. The maximum Gasteiger partial charge on any atom is 0.0910 e. The Hall–Kier alpha value is -0.180. The second-order valence-corrected chi connectivity index (χ2v) is 4.66. The first-order valence-electron chi connectivity index (χ1n) is 4.22. The first-order valence-corrected chi connectivity index (χ1v) is 5.82. The number of aliphatic hydroxyl groups is 1. The molecule has 1 aromatic rings. The van der Waals surface area contributed by atoms with E-state index in [1.165, 1.54) is 0 Å². The molecule has 1 saturated carbocycles. The molecule has 13 heavy (non-hydrogen) atoms. The summed E-state index contributed by atoms with van der Waals surface area (Å²) in [6, 6.07) is 5.71. The number of halogens is 1. The molecule has 1 aliphatic rings. The van der Waals surface area contributed by atoms with E-state index in [0.29, 0.717) is 5.02 Å². The molecule has 0 aliphatic heterocycles. The topological polar surface area (TPSA) is 20.2 Å². The van der Waals surface area contributed by atoms with E-state index in [1.807, 2.05) is 24.5 Å². The largest absolute Gasteiger partial charge is 0.385 e. The summed E-state index contributed by atoms with van der Waals surface area (Å²) in [4.78, 5) is 1.13. The summed E-state index contributed by atoms with van der Waals surface area (Å²) in [5.74, 6) is 0. The molecule has 0 amide bonds. The van der Waals surface area contributed by atoms with Crippen LogP contribution in [0.15, 0.2) is 23.1 Å². The Balaban J connectivity index is 2.47. The van der Waals surface area contributed by atoms with Crippen LogP contribution >= 0.6 is 23.4 Å². The van der Waals surface area contributed by atoms with E-state index in [0.717, 1.165) is 23.3 Å². The van der Waals surface area contributed by atoms with Gasteiger partial charge in [0.25, 0.3) is 0 Å². The minimum Gasteiger partial charge on any atom is -0.385 e. The van der Waals surface area contributed by atoms with Gasteiger partial charge in [0.15, 0.2) is 0 Å². The Kier molecular flexibility index (Phi) is 2.30. The Labute approximate surface area is 87.1 Å². The van der Waals surface area contributed by atoms with Gasteiger partial charge in [0.2, 0.25) is 0 Å². The summed E-state index contributed by atoms with van der Waals surface area (Å²) in [6.07, 6.45) is 3.74. The molecule has 3 heteroatoms. The number of thioether (sulfide) groups is 1. The molecule has 0 atom stereocenters. The second-order valence-electron chi connectivity index (χ2n) is 3.38. The molecule has 0 radical (unpaired) electrons. The third-order valence-electron chi connectivity index (χ3n) is 2.39. The van der Waals surface area contributed by atoms with Gasteiger partial charge < -0.3 is 5.11 Å². The maximum absolute atomic E-state index is 9.96. The molecule has 0 aromatic heterocycles. The highest BCUT2D eigenvalue weighted by molar-refractivity contribution is 7.98. The third-order valence-corrected chi connectivity index (χ3v) is 3.42. The van der Waals surface area contributed by atoms with Gasteiger partial charge in [-0.1, -0.05) is 11.6 Å². The average Bonchev–Trinajstić information content (AvgIpc) is 2.85. The van der Waals surface area contributed by atoms with Gasteiger partial charge in [-0.2, -0.15) is 0 Å². The van der Waals surface area contributed by atoms with Gasteiger partial charge in [-0.3, -0.25) is 0 Å². The van der Waals surface area contributed by atoms with Crippen molar-refractivity contribution in [2.24, 2.45) is 0 Å². The summed E-state index contributed by atoms with van der Waals surface area (Å²) in [5.41, 5.74) is 0.413. The van der Waals surface area contributed by atoms with Crippen molar-refractivity contribution in [2.75, 3.05) is 6.26 Å². The molecule has 1 nitrogen and oxygen atoms in total. The first-order chi connectivity index (χ1) is 6.15. The molecular weight excluding hydrogens is 204 g/mol. The highest BCUT2D eigenvalue weighted by Gasteiger charge is 2.43. The third kappa shape index (κ3) is 1.71. The lowest BCUT2D eigenvalue weighted by atomic mass is 10.1. The van der Waals surface area contributed by atoms with Crippen LogP contribution in [0, 0.1) is 0 Å². The van der Waals surface area contributed by atoms with Crippen molar-refractivity contribution in [1.82, 2.24) is 0 Å². The normalized spacial score (nSPS) is 18.7. The van der Waals surface area contributed by atoms with Crippen molar-refractivity contribution in [3.05, 3.63) is 28.8 Å². The number of benzene rings is 1. The second kappa shape index (κ2) is 3.19. The molecule has 0 heterocycles. The van der Waals surface area contributed by atoms with Crippen LogP contribution in [0.3, 0.4) is 0 Å². The SMILES string of the molecule is CSc1ccc(Cl)cc1C1(O)CC1. The van der Waals surface area contributed by atoms with E-state index in [2.05, 4.69) is 0 Å². The van der Waals surface area contributed by atoms with E-state index in [9.17, 15) is 5.11 Å². The van der Waals surface area contributed by atoms with Crippen LogP contribution in [0.4, 0.5) is 0 Å². The van der Waals surface area contributed by atoms with Crippen molar-refractivity contribution >= 4 is 23.4 Å². The predicted molar refractivity (Wildman–Crippen MR) is 56.4 cm³/mol. The van der Waals surface area contributed by atoms with Crippen molar-refractivity contribution < 1.29 is 5.11 Å². The van der Waals surface area contributed by atoms with E-state index < -0.39 is 5.60 Å². The average molecular weight is 215 g/mol. The van der Waals surface area contributed by atoms with E-state index >= 15 is 0 Å². The smallest absolute Gasteiger partial charge is 0.0910 e. The van der Waals surface area contributed by atoms with Crippen LogP contribution < -0.4 is 0 Å². The van der Waals surface area contributed by atoms with Gasteiger partial charge in [0, 0.05) is 9.92 Å². The minimum absolute atomic E-state index is 0.580. The van der Waals surface area contributed by atoms with Crippen LogP contribution in [0.1, 0.15) is 18.4 Å². The molecule has 0 unspecified atom stereocenters. The molecule has 1 aliphatic carbocycles. The molecule has 2 rings (SSSR count). The van der Waals surface area contributed by atoms with Gasteiger partial charge >= 0.3 is 0 Å². The monoisotopic (exact) mass is 214 g/mol. The molecule has 0 spiro atoms. The molecule has 1 N–H and O–H groups in total. The fourth-order valence-corrected chi connectivity index (χ4v) is 2.28. The Morgan fingerprint density at radius 2 is 2.15 bits per heavy atom. The standard InChI is InChI=1S/C10H11ClOS/c1-13-9-3-2-7(11)6-8(9)10(12)4-5-10/h2-3,6,12H,4-5H2,1H3. The Morgan fingerprint density at radius 3 is 2.69 bits per heavy atom. The predicted octanol–water partition coefficient (Wildman–Crippen LogP) is 3.04. The summed E-state index contributed by atoms with van der Waals surface area (Å²) in [7, 11) is 0. The molecule has 1 aromatic carbocycles. The minimum atomic E-state index is -0.580. The summed E-state index contributed by atoms with van der Waals surface area (Å²) < 4.78 is 0. The van der Waals surface area contributed by atoms with Crippen LogP contribution in [0.5, 0.6) is 0 Å². The molecular formula is C10H11ClOS. The zero-order chi connectivity index (χ0) is 9.47. The maximum atomic E-state index is 9.96. The van der Waals surface area contributed by atoms with E-state index in [-0.39, 0.29) is 0 Å². The Bertz CT molecular complexity index is 334. The van der Waals surface area contributed by atoms with Crippen molar-refractivity contribution in [1.29, 1.82) is 0 Å². The number of rotatable bonds is 2. The van der Waals surface area contributed by atoms with Gasteiger partial charge in [0.05, 0.1) is 5.60 Å². The fourth-order valence-electron chi connectivity index (χ4n) is 1.43. The van der Waals surface area contributed by atoms with E-state index in [4.69, 9.17) is 11.6 Å². The van der Waals surface area contributed by atoms with E-state index in [1.54, 1.807) is 11.8 Å². The quantitative estimate of drug-likeness (QED) is 0.764. The van der Waals surface area contributed by atoms with Gasteiger partial charge in [0.1, 0.15) is 0 Å². The Morgan fingerprint density at radius 1 is 1.46 bits per heavy atom. The lowest BCUT2D eigenvalue weighted by molar-refractivity contribution is 0.148. The molecule has 0 saturated heterocycles. The van der Waals surface area contributed by atoms with Crippen LogP contribution in [0.25, 0.3) is 0 Å². The summed E-state index contributed by atoms with van der Waals surface area (Å²) in [6.45, 7) is 0. The van der Waals surface area contributed by atoms with Crippen molar-refractivity contribution in [3.8, 4) is 0 Å². The first kappa shape index (κ1) is 9.38. The summed E-state index contributed by atoms with van der Waals surface area (Å²) in [5, 5.41) is 10.7. The number of hydrogen-bond donors (Lipinski definition) is 1. The van der Waals surface area contributed by atoms with Crippen molar-refractivity contribution in [3.63, 3.8) is 0 Å². The lowest BCUT2D eigenvalue weighted by Gasteiger charge is -2.12. The van der Waals surface area contributed by atoms with Gasteiger partial charge in [-0.05, 0) is 42.9 Å². The molecule has 1 fully saturated rings. The van der Waals surface area contributed by atoms with Crippen LogP contribution in [-0.4, -0.2) is 11.4 Å². The molecule has 70 valence electrons. The van der Waals surface area contributed by atoms with Gasteiger partial charge in [-0.15, -0.1) is 11.8 Å². The zero-order valence-electron chi connectivity index (χ0n) is 7.38. The highest BCUT2D eigenvalue weighted by atomic mass is 35.5. The molecule has 0 bridgehead atoms. The van der Waals surface area contributed by atoms with Crippen LogP contribution in [-0.2, 0) is 5.60 Å². The number of hydrogen-bond acceptors (Lipinski definition) is 2. The van der Waals surface area contributed by atoms with Crippen molar-refractivity contribution in [2.45, 2.75) is 23.3 Å².